The minimum Gasteiger partial charge on any atom is -0.486 e. The topological polar surface area (TPSA) is 154 Å². The fourth-order valence-corrected chi connectivity index (χ4v) is 8.12. The number of H-pyrrole nitrogens is 1. The van der Waals surface area contributed by atoms with Crippen molar-refractivity contribution in [1.82, 2.24) is 25.6 Å². The molecule has 2 amide bonds. The molecular weight excluding hydrogens is 641 g/mol. The van der Waals surface area contributed by atoms with E-state index >= 15 is 0 Å². The molecule has 5 fully saturated rings. The van der Waals surface area contributed by atoms with Crippen LogP contribution in [-0.4, -0.2) is 87.5 Å². The van der Waals surface area contributed by atoms with E-state index in [2.05, 4.69) is 41.5 Å². The van der Waals surface area contributed by atoms with E-state index in [0.717, 1.165) is 17.5 Å². The zero-order valence-corrected chi connectivity index (χ0v) is 31.0. The molecule has 0 spiro atoms. The van der Waals surface area contributed by atoms with Crippen LogP contribution in [-0.2, 0) is 30.0 Å². The van der Waals surface area contributed by atoms with Gasteiger partial charge in [-0.2, -0.15) is 0 Å². The number of alkyl carbamates (subject to hydrolysis) is 1. The van der Waals surface area contributed by atoms with E-state index in [-0.39, 0.29) is 55.0 Å². The molecular formula is C36H52BN5O8. The van der Waals surface area contributed by atoms with Crippen molar-refractivity contribution in [3.63, 3.8) is 0 Å². The van der Waals surface area contributed by atoms with Crippen molar-refractivity contribution in [2.75, 3.05) is 13.1 Å². The second-order valence-corrected chi connectivity index (χ2v) is 17.1. The van der Waals surface area contributed by atoms with E-state index in [1.54, 1.807) is 25.7 Å². The average Bonchev–Trinajstić information content (AvgIpc) is 3.62. The highest BCUT2D eigenvalue weighted by atomic mass is 16.7. The van der Waals surface area contributed by atoms with E-state index in [0.29, 0.717) is 35.9 Å². The third-order valence-electron chi connectivity index (χ3n) is 10.9. The first-order valence-electron chi connectivity index (χ1n) is 17.8. The lowest BCUT2D eigenvalue weighted by Gasteiger charge is -2.64. The van der Waals surface area contributed by atoms with Crippen molar-refractivity contribution in [3.8, 4) is 5.75 Å². The summed E-state index contributed by atoms with van der Waals surface area (Å²) in [4.78, 5) is 41.2. The predicted octanol–water partition coefficient (Wildman–Crippen LogP) is 5.19. The molecule has 50 heavy (non-hydrogen) atoms. The van der Waals surface area contributed by atoms with Crippen molar-refractivity contribution >= 4 is 25.1 Å². The highest BCUT2D eigenvalue weighted by Gasteiger charge is 2.67. The number of benzene rings is 1. The Balaban J connectivity index is 1.12. The van der Waals surface area contributed by atoms with Gasteiger partial charge in [0.25, 0.3) is 5.91 Å². The van der Waals surface area contributed by atoms with Gasteiger partial charge in [0.2, 0.25) is 0 Å². The Morgan fingerprint density at radius 2 is 1.78 bits per heavy atom. The van der Waals surface area contributed by atoms with Gasteiger partial charge in [-0.05, 0) is 115 Å². The molecule has 3 saturated carbocycles. The van der Waals surface area contributed by atoms with Crippen LogP contribution in [0.4, 0.5) is 4.79 Å². The lowest BCUT2D eigenvalue weighted by Crippen LogP contribution is -2.65. The smallest absolute Gasteiger partial charge is 0.457 e. The van der Waals surface area contributed by atoms with Crippen LogP contribution >= 0.6 is 0 Å². The highest BCUT2D eigenvalue weighted by molar-refractivity contribution is 6.45. The third kappa shape index (κ3) is 7.10. The van der Waals surface area contributed by atoms with Crippen molar-refractivity contribution < 1.29 is 37.9 Å². The first-order valence-corrected chi connectivity index (χ1v) is 17.8. The molecule has 7 rings (SSSR count). The third-order valence-corrected chi connectivity index (χ3v) is 10.9. The van der Waals surface area contributed by atoms with Crippen LogP contribution in [0, 0.1) is 24.2 Å². The Labute approximate surface area is 295 Å². The zero-order chi connectivity index (χ0) is 36.4. The molecule has 14 heteroatoms. The van der Waals surface area contributed by atoms with E-state index < -0.39 is 29.3 Å². The molecule has 1 unspecified atom stereocenters. The number of aromatic nitrogens is 3. The average molecular weight is 694 g/mol. The first kappa shape index (κ1) is 36.2. The maximum absolute atomic E-state index is 13.6. The van der Waals surface area contributed by atoms with E-state index in [1.165, 1.54) is 12.6 Å². The van der Waals surface area contributed by atoms with Crippen LogP contribution in [0.3, 0.4) is 0 Å². The molecule has 13 nitrogen and oxygen atoms in total. The number of likely N-dealkylation sites (tertiary alicyclic amines) is 1. The Hall–Kier alpha value is -3.65. The Morgan fingerprint density at radius 1 is 1.08 bits per heavy atom. The molecule has 5 atom stereocenters. The van der Waals surface area contributed by atoms with Gasteiger partial charge in [-0.3, -0.25) is 9.89 Å². The van der Waals surface area contributed by atoms with Crippen LogP contribution in [0.15, 0.2) is 18.3 Å². The summed E-state index contributed by atoms with van der Waals surface area (Å²) in [7, 11) is -0.301. The normalized spacial score (nSPS) is 26.3. The molecule has 3 heterocycles. The maximum atomic E-state index is 13.6. The number of hydrogen-bond acceptors (Lipinski definition) is 10. The Kier molecular flexibility index (Phi) is 9.29. The number of nitrogens with one attached hydrogen (secondary N) is 2. The van der Waals surface area contributed by atoms with E-state index in [1.807, 2.05) is 39.8 Å². The molecule has 2 saturated heterocycles. The monoisotopic (exact) mass is 693 g/mol. The maximum Gasteiger partial charge on any atom is 0.457 e. The zero-order valence-electron chi connectivity index (χ0n) is 31.0. The molecule has 2 aliphatic heterocycles. The predicted molar refractivity (Wildman–Crippen MR) is 184 cm³/mol. The molecule has 2 aromatic rings. The van der Waals surface area contributed by atoms with Crippen molar-refractivity contribution in [3.05, 3.63) is 40.7 Å². The number of hydrogen-bond donors (Lipinski definition) is 2. The number of nitrogens with zero attached hydrogens (tertiary/aromatic N) is 3. The number of ether oxygens (including phenoxy) is 3. The molecule has 2 bridgehead atoms. The molecule has 3 aliphatic carbocycles. The summed E-state index contributed by atoms with van der Waals surface area (Å²) in [6.45, 7) is 20.0. The van der Waals surface area contributed by atoms with Gasteiger partial charge in [-0.25, -0.2) is 9.59 Å². The summed E-state index contributed by atoms with van der Waals surface area (Å²) in [5.41, 5.74) is 0.944. The lowest BCUT2D eigenvalue weighted by molar-refractivity contribution is -0.199. The molecule has 272 valence electrons. The second-order valence-electron chi connectivity index (χ2n) is 17.1. The fourth-order valence-electron chi connectivity index (χ4n) is 8.12. The number of rotatable bonds is 9. The molecule has 5 aliphatic rings. The van der Waals surface area contributed by atoms with Crippen LogP contribution in [0.1, 0.15) is 108 Å². The Morgan fingerprint density at radius 3 is 2.40 bits per heavy atom. The standard InChI is InChI=1S/C36H52BN5O8/c1-20-21(13-14-37-49-27-16-22-15-26(35(22,8)9)36(27,10)50-37)11-12-25(28(20)31(44)47-33(2,3)4)46-23-18-42(19-23)30(43)29(24-17-38-41-40-24)39-32(45)48-34(5,6)7/h11-12,17,22-23,26-27,29H,13-16,18-19H2,1-10H3,(H,39,45)(H,38,40,41)/t22-,26-,27+,29?,36-/m0/s1. The molecule has 0 radical (unpaired) electrons. The number of aryl methyl sites for hydroxylation is 1. The van der Waals surface area contributed by atoms with Crippen LogP contribution in [0.5, 0.6) is 5.75 Å². The largest absolute Gasteiger partial charge is 0.486 e. The minimum atomic E-state index is -1.10. The first-order chi connectivity index (χ1) is 23.2. The van der Waals surface area contributed by atoms with Crippen molar-refractivity contribution in [2.24, 2.45) is 17.3 Å². The fraction of sp³-hybridized carbons (Fsp3) is 0.694. The van der Waals surface area contributed by atoms with Gasteiger partial charge in [-0.15, -0.1) is 5.10 Å². The van der Waals surface area contributed by atoms with Gasteiger partial charge in [0, 0.05) is 6.20 Å². The van der Waals surface area contributed by atoms with E-state index in [9.17, 15) is 14.4 Å². The summed E-state index contributed by atoms with van der Waals surface area (Å²) < 4.78 is 30.7. The molecule has 2 N–H and O–H groups in total. The van der Waals surface area contributed by atoms with Gasteiger partial charge in [-0.1, -0.05) is 25.1 Å². The second kappa shape index (κ2) is 12.8. The molecule has 1 aromatic heterocycles. The van der Waals surface area contributed by atoms with Gasteiger partial charge < -0.3 is 33.7 Å². The summed E-state index contributed by atoms with van der Waals surface area (Å²) in [5, 5.41) is 12.8. The quantitative estimate of drug-likeness (QED) is 0.265. The SMILES string of the molecule is Cc1c(CCB2O[C@@H]3C[C@@H]4C[C@@H](C4(C)C)[C@]3(C)O2)ccc(OC2CN(C(=O)C(NC(=O)OC(C)(C)C)c3c[nH]nn3)C2)c1C(=O)OC(C)(C)C. The summed E-state index contributed by atoms with van der Waals surface area (Å²) in [5.74, 6) is 0.720. The highest BCUT2D eigenvalue weighted by Crippen LogP contribution is 2.65. The van der Waals surface area contributed by atoms with Crippen LogP contribution in [0.25, 0.3) is 0 Å². The van der Waals surface area contributed by atoms with Gasteiger partial charge in [0.1, 0.15) is 34.3 Å². The number of carbonyl (C=O) groups excluding carboxylic acids is 3. The van der Waals surface area contributed by atoms with Crippen molar-refractivity contribution in [1.29, 1.82) is 0 Å². The lowest BCUT2D eigenvalue weighted by atomic mass is 9.43. The van der Waals surface area contributed by atoms with Crippen LogP contribution < -0.4 is 10.1 Å². The minimum absolute atomic E-state index is 0.117. The number of carbonyl (C=O) groups is 3. The summed E-state index contributed by atoms with van der Waals surface area (Å²) in [6, 6.07) is 2.69. The number of aromatic amines is 1. The van der Waals surface area contributed by atoms with Gasteiger partial charge >= 0.3 is 19.2 Å². The summed E-state index contributed by atoms with van der Waals surface area (Å²) in [6.07, 6.45) is 4.01. The number of amides is 2. The van der Waals surface area contributed by atoms with Gasteiger partial charge in [0.15, 0.2) is 6.04 Å². The Bertz CT molecular complexity index is 1610. The van der Waals surface area contributed by atoms with E-state index in [4.69, 9.17) is 23.5 Å². The molecule has 1 aromatic carbocycles. The number of esters is 1. The van der Waals surface area contributed by atoms with Crippen LogP contribution in [0.2, 0.25) is 6.32 Å². The summed E-state index contributed by atoms with van der Waals surface area (Å²) >= 11 is 0. The van der Waals surface area contributed by atoms with Crippen molar-refractivity contribution in [2.45, 2.75) is 130 Å². The van der Waals surface area contributed by atoms with Gasteiger partial charge in [0.05, 0.1) is 24.8 Å².